The molecule has 0 aliphatic carbocycles. The molecule has 1 aromatic rings. The average molecular weight is 233 g/mol. The van der Waals surface area contributed by atoms with Crippen LogP contribution in [0.1, 0.15) is 33.1 Å². The Bertz CT molecular complexity index is 362. The van der Waals surface area contributed by atoms with Crippen molar-refractivity contribution < 1.29 is 0 Å². The van der Waals surface area contributed by atoms with E-state index in [9.17, 15) is 0 Å². The van der Waals surface area contributed by atoms with E-state index in [2.05, 4.69) is 23.7 Å². The third kappa shape index (κ3) is 3.11. The van der Waals surface area contributed by atoms with Crippen LogP contribution in [0.15, 0.2) is 18.5 Å². The second-order valence-corrected chi connectivity index (χ2v) is 5.40. The normalized spacial score (nSPS) is 21.6. The van der Waals surface area contributed by atoms with Crippen molar-refractivity contribution in [2.75, 3.05) is 23.7 Å². The predicted molar refractivity (Wildman–Crippen MR) is 73.0 cm³/mol. The molecule has 1 fully saturated rings. The van der Waals surface area contributed by atoms with Crippen molar-refractivity contribution in [3.63, 3.8) is 0 Å². The molecular formula is C14H23N3. The largest absolute Gasteiger partial charge is 0.397 e. The van der Waals surface area contributed by atoms with Gasteiger partial charge in [-0.15, -0.1) is 0 Å². The molecule has 2 rings (SSSR count). The lowest BCUT2D eigenvalue weighted by molar-refractivity contribution is 0.351. The zero-order valence-electron chi connectivity index (χ0n) is 10.9. The highest BCUT2D eigenvalue weighted by atomic mass is 15.1. The number of pyridine rings is 1. The molecule has 1 aliphatic rings. The third-order valence-electron chi connectivity index (χ3n) is 3.83. The molecule has 0 bridgehead atoms. The average Bonchev–Trinajstić information content (AvgIpc) is 2.54. The maximum atomic E-state index is 5.79. The minimum absolute atomic E-state index is 0.757. The van der Waals surface area contributed by atoms with Crippen LogP contribution in [0.3, 0.4) is 0 Å². The summed E-state index contributed by atoms with van der Waals surface area (Å²) in [6.45, 7) is 6.94. The number of nitrogen functional groups attached to an aromatic ring is 1. The molecule has 17 heavy (non-hydrogen) atoms. The smallest absolute Gasteiger partial charge is 0.0573 e. The van der Waals surface area contributed by atoms with Crippen LogP contribution in [0.4, 0.5) is 11.4 Å². The van der Waals surface area contributed by atoms with Gasteiger partial charge in [0.15, 0.2) is 0 Å². The first-order valence-electron chi connectivity index (χ1n) is 6.62. The highest BCUT2D eigenvalue weighted by Crippen LogP contribution is 2.27. The second kappa shape index (κ2) is 5.39. The minimum atomic E-state index is 0.757. The Labute approximate surface area is 104 Å². The molecule has 94 valence electrons. The fourth-order valence-electron chi connectivity index (χ4n) is 2.66. The molecule has 2 heterocycles. The van der Waals surface area contributed by atoms with Gasteiger partial charge >= 0.3 is 0 Å². The maximum Gasteiger partial charge on any atom is 0.0573 e. The van der Waals surface area contributed by atoms with Gasteiger partial charge in [-0.3, -0.25) is 4.98 Å². The highest BCUT2D eigenvalue weighted by molar-refractivity contribution is 5.53. The third-order valence-corrected chi connectivity index (χ3v) is 3.83. The summed E-state index contributed by atoms with van der Waals surface area (Å²) >= 11 is 0. The fourth-order valence-corrected chi connectivity index (χ4v) is 2.66. The number of aromatic nitrogens is 1. The predicted octanol–water partition coefficient (Wildman–Crippen LogP) is 2.93. The van der Waals surface area contributed by atoms with Crippen LogP contribution in [0, 0.1) is 11.8 Å². The quantitative estimate of drug-likeness (QED) is 0.854. The molecule has 3 nitrogen and oxygen atoms in total. The molecule has 0 radical (unpaired) electrons. The molecule has 1 aliphatic heterocycles. The first kappa shape index (κ1) is 12.2. The summed E-state index contributed by atoms with van der Waals surface area (Å²) in [7, 11) is 0. The van der Waals surface area contributed by atoms with Crippen LogP contribution in [0.2, 0.25) is 0 Å². The van der Waals surface area contributed by atoms with Gasteiger partial charge in [0.1, 0.15) is 0 Å². The van der Waals surface area contributed by atoms with Gasteiger partial charge in [0, 0.05) is 19.3 Å². The van der Waals surface area contributed by atoms with Crippen molar-refractivity contribution in [3.8, 4) is 0 Å². The molecular weight excluding hydrogens is 210 g/mol. The fraction of sp³-hybridized carbons (Fsp3) is 0.643. The Kier molecular flexibility index (Phi) is 3.87. The van der Waals surface area contributed by atoms with Crippen molar-refractivity contribution in [1.82, 2.24) is 4.98 Å². The Balaban J connectivity index is 2.04. The van der Waals surface area contributed by atoms with Gasteiger partial charge in [-0.25, -0.2) is 0 Å². The Morgan fingerprint density at radius 3 is 2.82 bits per heavy atom. The van der Waals surface area contributed by atoms with Crippen molar-refractivity contribution in [2.45, 2.75) is 33.1 Å². The zero-order chi connectivity index (χ0) is 12.3. The van der Waals surface area contributed by atoms with E-state index in [4.69, 9.17) is 5.73 Å². The zero-order valence-corrected chi connectivity index (χ0v) is 10.9. The Hall–Kier alpha value is -1.25. The summed E-state index contributed by atoms with van der Waals surface area (Å²) in [6, 6.07) is 2.03. The maximum absolute atomic E-state index is 5.79. The van der Waals surface area contributed by atoms with Crippen molar-refractivity contribution >= 4 is 11.4 Å². The minimum Gasteiger partial charge on any atom is -0.397 e. The summed E-state index contributed by atoms with van der Waals surface area (Å²) in [4.78, 5) is 6.60. The molecule has 3 heteroatoms. The monoisotopic (exact) mass is 233 g/mol. The van der Waals surface area contributed by atoms with E-state index in [0.29, 0.717) is 0 Å². The summed E-state index contributed by atoms with van der Waals surface area (Å²) in [6.07, 6.45) is 7.54. The van der Waals surface area contributed by atoms with Crippen LogP contribution in [0.25, 0.3) is 0 Å². The number of hydrogen-bond acceptors (Lipinski definition) is 3. The van der Waals surface area contributed by atoms with Gasteiger partial charge in [-0.1, -0.05) is 13.8 Å². The van der Waals surface area contributed by atoms with Crippen molar-refractivity contribution in [3.05, 3.63) is 18.5 Å². The molecule has 0 spiro atoms. The van der Waals surface area contributed by atoms with E-state index in [1.807, 2.05) is 12.3 Å². The SMILES string of the molecule is CC(C)C1CCCN(c2cncc(N)c2)CC1. The molecule has 0 saturated carbocycles. The van der Waals surface area contributed by atoms with Gasteiger partial charge < -0.3 is 10.6 Å². The molecule has 1 unspecified atom stereocenters. The van der Waals surface area contributed by atoms with Gasteiger partial charge in [0.2, 0.25) is 0 Å². The van der Waals surface area contributed by atoms with Crippen LogP contribution in [0.5, 0.6) is 0 Å². The van der Waals surface area contributed by atoms with Gasteiger partial charge in [-0.2, -0.15) is 0 Å². The van der Waals surface area contributed by atoms with E-state index in [1.165, 1.54) is 24.9 Å². The number of nitrogens with two attached hydrogens (primary N) is 1. The lowest BCUT2D eigenvalue weighted by Gasteiger charge is -2.23. The van der Waals surface area contributed by atoms with Crippen LogP contribution in [-0.2, 0) is 0 Å². The highest BCUT2D eigenvalue weighted by Gasteiger charge is 2.19. The molecule has 1 aromatic heterocycles. The first-order chi connectivity index (χ1) is 8.16. The summed E-state index contributed by atoms with van der Waals surface area (Å²) in [5.41, 5.74) is 7.72. The van der Waals surface area contributed by atoms with Gasteiger partial charge in [0.05, 0.1) is 17.6 Å². The number of rotatable bonds is 2. The first-order valence-corrected chi connectivity index (χ1v) is 6.62. The summed E-state index contributed by atoms with van der Waals surface area (Å²) in [5.74, 6) is 1.67. The molecule has 1 saturated heterocycles. The van der Waals surface area contributed by atoms with Crippen LogP contribution in [-0.4, -0.2) is 18.1 Å². The van der Waals surface area contributed by atoms with Crippen molar-refractivity contribution in [2.24, 2.45) is 11.8 Å². The van der Waals surface area contributed by atoms with E-state index in [0.717, 1.165) is 30.6 Å². The van der Waals surface area contributed by atoms with E-state index >= 15 is 0 Å². The number of hydrogen-bond donors (Lipinski definition) is 1. The summed E-state index contributed by atoms with van der Waals surface area (Å²) in [5, 5.41) is 0. The van der Waals surface area contributed by atoms with E-state index < -0.39 is 0 Å². The number of anilines is 2. The van der Waals surface area contributed by atoms with Gasteiger partial charge in [-0.05, 0) is 37.2 Å². The topological polar surface area (TPSA) is 42.2 Å². The Morgan fingerprint density at radius 1 is 1.29 bits per heavy atom. The van der Waals surface area contributed by atoms with Gasteiger partial charge in [0.25, 0.3) is 0 Å². The molecule has 2 N–H and O–H groups in total. The lowest BCUT2D eigenvalue weighted by atomic mass is 9.89. The standard InChI is InChI=1S/C14H23N3/c1-11(2)12-4-3-6-17(7-5-12)14-8-13(15)9-16-10-14/h8-12H,3-7,15H2,1-2H3. The van der Waals surface area contributed by atoms with E-state index in [-0.39, 0.29) is 0 Å². The van der Waals surface area contributed by atoms with E-state index in [1.54, 1.807) is 6.20 Å². The number of nitrogens with zero attached hydrogens (tertiary/aromatic N) is 2. The Morgan fingerprint density at radius 2 is 2.12 bits per heavy atom. The lowest BCUT2D eigenvalue weighted by Crippen LogP contribution is -2.24. The molecule has 0 amide bonds. The van der Waals surface area contributed by atoms with Crippen LogP contribution >= 0.6 is 0 Å². The van der Waals surface area contributed by atoms with Crippen molar-refractivity contribution in [1.29, 1.82) is 0 Å². The second-order valence-electron chi connectivity index (χ2n) is 5.40. The molecule has 0 aromatic carbocycles. The van der Waals surface area contributed by atoms with Crippen LogP contribution < -0.4 is 10.6 Å². The molecule has 1 atom stereocenters. The summed E-state index contributed by atoms with van der Waals surface area (Å²) < 4.78 is 0.